The third-order valence-electron chi connectivity index (χ3n) is 2.24. The molecule has 4 nitrogen and oxygen atoms in total. The fourth-order valence-electron chi connectivity index (χ4n) is 1.46. The van der Waals surface area contributed by atoms with Gasteiger partial charge >= 0.3 is 0 Å². The number of aromatic nitrogens is 2. The molecule has 0 fully saturated rings. The number of rotatable bonds is 1. The van der Waals surface area contributed by atoms with Crippen molar-refractivity contribution in [2.75, 3.05) is 5.73 Å². The van der Waals surface area contributed by atoms with Gasteiger partial charge in [-0.3, -0.25) is 9.78 Å². The Morgan fingerprint density at radius 3 is 2.93 bits per heavy atom. The lowest BCUT2D eigenvalue weighted by molar-refractivity contribution is 1.15. The van der Waals surface area contributed by atoms with Crippen molar-refractivity contribution in [3.05, 3.63) is 46.6 Å². The Hall–Kier alpha value is -2.10. The number of hydrogen-bond donors (Lipinski definition) is 2. The van der Waals surface area contributed by atoms with E-state index < -0.39 is 0 Å². The third kappa shape index (κ3) is 1.74. The van der Waals surface area contributed by atoms with E-state index in [1.54, 1.807) is 18.5 Å². The van der Waals surface area contributed by atoms with Gasteiger partial charge in [-0.15, -0.1) is 0 Å². The first-order valence-corrected chi connectivity index (χ1v) is 4.58. The van der Waals surface area contributed by atoms with Crippen LogP contribution in [0.1, 0.15) is 5.69 Å². The molecule has 0 aromatic carbocycles. The van der Waals surface area contributed by atoms with Crippen LogP contribution in [0.4, 0.5) is 5.69 Å². The second kappa shape index (κ2) is 3.57. The van der Waals surface area contributed by atoms with Crippen molar-refractivity contribution < 1.29 is 0 Å². The summed E-state index contributed by atoms with van der Waals surface area (Å²) < 4.78 is 0. The van der Waals surface area contributed by atoms with Gasteiger partial charge in [-0.05, 0) is 19.1 Å². The number of aryl methyl sites for hydroxylation is 1. The maximum Gasteiger partial charge on any atom is 0.271 e. The minimum Gasteiger partial charge on any atom is -0.394 e. The van der Waals surface area contributed by atoms with E-state index in [4.69, 9.17) is 5.73 Å². The Labute approximate surface area is 86.8 Å². The van der Waals surface area contributed by atoms with Crippen molar-refractivity contribution in [1.82, 2.24) is 9.97 Å². The Balaban J connectivity index is 2.64. The van der Waals surface area contributed by atoms with Gasteiger partial charge in [0.05, 0.1) is 5.69 Å². The van der Waals surface area contributed by atoms with Crippen LogP contribution in [0.5, 0.6) is 0 Å². The highest BCUT2D eigenvalue weighted by Gasteiger charge is 2.04. The van der Waals surface area contributed by atoms with Crippen LogP contribution < -0.4 is 11.3 Å². The minimum absolute atomic E-state index is 0.222. The molecule has 0 saturated carbocycles. The van der Waals surface area contributed by atoms with Crippen LogP contribution >= 0.6 is 0 Å². The van der Waals surface area contributed by atoms with Gasteiger partial charge in [0.15, 0.2) is 0 Å². The maximum absolute atomic E-state index is 11.2. The van der Waals surface area contributed by atoms with Gasteiger partial charge in [0.1, 0.15) is 0 Å². The molecule has 2 heterocycles. The number of anilines is 1. The summed E-state index contributed by atoms with van der Waals surface area (Å²) >= 11 is 0. The van der Waals surface area contributed by atoms with Gasteiger partial charge in [-0.1, -0.05) is 6.07 Å². The first-order chi connectivity index (χ1) is 7.18. The molecule has 0 unspecified atom stereocenters. The Kier molecular flexibility index (Phi) is 2.25. The Morgan fingerprint density at radius 1 is 1.47 bits per heavy atom. The van der Waals surface area contributed by atoms with Crippen LogP contribution in [0.2, 0.25) is 0 Å². The van der Waals surface area contributed by atoms with Gasteiger partial charge in [-0.2, -0.15) is 0 Å². The summed E-state index contributed by atoms with van der Waals surface area (Å²) in [6.45, 7) is 1.84. The maximum atomic E-state index is 11.2. The van der Waals surface area contributed by atoms with E-state index in [-0.39, 0.29) is 11.2 Å². The number of aromatic amines is 1. The highest BCUT2D eigenvalue weighted by Crippen LogP contribution is 2.20. The SMILES string of the molecule is Cc1[nH]c(=O)c(N)cc1-c1cccnc1. The predicted octanol–water partition coefficient (Wildman–Crippen LogP) is 1.33. The molecule has 76 valence electrons. The molecule has 0 aliphatic heterocycles. The molecule has 0 spiro atoms. The average Bonchev–Trinajstić information content (AvgIpc) is 2.25. The topological polar surface area (TPSA) is 71.8 Å². The van der Waals surface area contributed by atoms with Crippen LogP contribution in [0.25, 0.3) is 11.1 Å². The Morgan fingerprint density at radius 2 is 2.27 bits per heavy atom. The quantitative estimate of drug-likeness (QED) is 0.731. The lowest BCUT2D eigenvalue weighted by Crippen LogP contribution is -2.13. The molecule has 2 rings (SSSR count). The number of nitrogens with two attached hydrogens (primary N) is 1. The van der Waals surface area contributed by atoms with Gasteiger partial charge in [-0.25, -0.2) is 0 Å². The number of nitrogen functional groups attached to an aromatic ring is 1. The van der Waals surface area contributed by atoms with Crippen molar-refractivity contribution in [3.63, 3.8) is 0 Å². The summed E-state index contributed by atoms with van der Waals surface area (Å²) in [5.41, 5.74) is 8.17. The number of H-pyrrole nitrogens is 1. The van der Waals surface area contributed by atoms with Gasteiger partial charge < -0.3 is 10.7 Å². The molecule has 0 saturated heterocycles. The highest BCUT2D eigenvalue weighted by molar-refractivity contribution is 5.67. The van der Waals surface area contributed by atoms with Crippen molar-refractivity contribution in [2.24, 2.45) is 0 Å². The third-order valence-corrected chi connectivity index (χ3v) is 2.24. The van der Waals surface area contributed by atoms with E-state index in [0.29, 0.717) is 0 Å². The second-order valence-corrected chi connectivity index (χ2v) is 3.33. The van der Waals surface area contributed by atoms with E-state index in [2.05, 4.69) is 9.97 Å². The first-order valence-electron chi connectivity index (χ1n) is 4.58. The zero-order chi connectivity index (χ0) is 10.8. The number of pyridine rings is 2. The molecule has 3 N–H and O–H groups in total. The van der Waals surface area contributed by atoms with Crippen LogP contribution in [-0.4, -0.2) is 9.97 Å². The van der Waals surface area contributed by atoms with Gasteiger partial charge in [0, 0.05) is 29.2 Å². The smallest absolute Gasteiger partial charge is 0.271 e. The summed E-state index contributed by atoms with van der Waals surface area (Å²) in [5.74, 6) is 0. The summed E-state index contributed by atoms with van der Waals surface area (Å²) in [4.78, 5) is 17.9. The lowest BCUT2D eigenvalue weighted by atomic mass is 10.1. The molecule has 0 amide bonds. The van der Waals surface area contributed by atoms with Gasteiger partial charge in [0.2, 0.25) is 0 Å². The molecule has 15 heavy (non-hydrogen) atoms. The zero-order valence-electron chi connectivity index (χ0n) is 8.32. The van der Waals surface area contributed by atoms with Gasteiger partial charge in [0.25, 0.3) is 5.56 Å². The zero-order valence-corrected chi connectivity index (χ0v) is 8.32. The molecule has 4 heteroatoms. The average molecular weight is 201 g/mol. The number of hydrogen-bond acceptors (Lipinski definition) is 3. The monoisotopic (exact) mass is 201 g/mol. The fourth-order valence-corrected chi connectivity index (χ4v) is 1.46. The minimum atomic E-state index is -0.250. The summed E-state index contributed by atoms with van der Waals surface area (Å²) in [7, 11) is 0. The lowest BCUT2D eigenvalue weighted by Gasteiger charge is -2.05. The van der Waals surface area contributed by atoms with Crippen molar-refractivity contribution in [3.8, 4) is 11.1 Å². The Bertz CT molecular complexity index is 531. The standard InChI is InChI=1S/C11H11N3O/c1-7-9(5-10(12)11(15)14-7)8-3-2-4-13-6-8/h2-6H,12H2,1H3,(H,14,15). The number of nitrogens with one attached hydrogen (secondary N) is 1. The van der Waals surface area contributed by atoms with E-state index >= 15 is 0 Å². The van der Waals surface area contributed by atoms with E-state index in [1.165, 1.54) is 0 Å². The molecular formula is C11H11N3O. The predicted molar refractivity (Wildman–Crippen MR) is 59.4 cm³/mol. The normalized spacial score (nSPS) is 10.2. The molecule has 0 radical (unpaired) electrons. The van der Waals surface area contributed by atoms with Crippen LogP contribution in [0.15, 0.2) is 35.4 Å². The van der Waals surface area contributed by atoms with E-state index in [1.807, 2.05) is 19.1 Å². The molecule has 2 aromatic rings. The first kappa shape index (κ1) is 9.45. The van der Waals surface area contributed by atoms with Crippen LogP contribution in [0.3, 0.4) is 0 Å². The van der Waals surface area contributed by atoms with Crippen LogP contribution in [0, 0.1) is 6.92 Å². The molecule has 2 aromatic heterocycles. The van der Waals surface area contributed by atoms with Crippen molar-refractivity contribution in [2.45, 2.75) is 6.92 Å². The number of nitrogens with zero attached hydrogens (tertiary/aromatic N) is 1. The molecule has 0 bridgehead atoms. The summed E-state index contributed by atoms with van der Waals surface area (Å²) in [6.07, 6.45) is 3.44. The summed E-state index contributed by atoms with van der Waals surface area (Å²) in [6, 6.07) is 5.44. The largest absolute Gasteiger partial charge is 0.394 e. The molecule has 0 aliphatic rings. The van der Waals surface area contributed by atoms with E-state index in [9.17, 15) is 4.79 Å². The van der Waals surface area contributed by atoms with Crippen molar-refractivity contribution in [1.29, 1.82) is 0 Å². The fraction of sp³-hybridized carbons (Fsp3) is 0.0909. The second-order valence-electron chi connectivity index (χ2n) is 3.33. The highest BCUT2D eigenvalue weighted by atomic mass is 16.1. The molecule has 0 aliphatic carbocycles. The molecule has 0 atom stereocenters. The van der Waals surface area contributed by atoms with Crippen molar-refractivity contribution >= 4 is 5.69 Å². The summed E-state index contributed by atoms with van der Waals surface area (Å²) in [5, 5.41) is 0. The van der Waals surface area contributed by atoms with Crippen LogP contribution in [-0.2, 0) is 0 Å². The van der Waals surface area contributed by atoms with E-state index in [0.717, 1.165) is 16.8 Å². The molecular weight excluding hydrogens is 190 g/mol.